The quantitative estimate of drug-likeness (QED) is 0.319. The first kappa shape index (κ1) is 5.01. The van der Waals surface area contributed by atoms with E-state index in [-0.39, 0.29) is 0 Å². The fraction of sp³-hybridized carbons (Fsp3) is 0. The van der Waals surface area contributed by atoms with Crippen LogP contribution in [0.3, 0.4) is 0 Å². The number of rotatable bonds is 1. The highest BCUT2D eigenvalue weighted by atomic mass is 16.7. The van der Waals surface area contributed by atoms with Crippen LogP contribution in [0.2, 0.25) is 0 Å². The van der Waals surface area contributed by atoms with Crippen LogP contribution in [0.4, 0.5) is 4.79 Å². The standard InChI is InChI=1S/C3H4O3/c1-2-6-3(4)5/h2H,1H2,(H,4,5)/p-1. The molecule has 0 spiro atoms. The highest BCUT2D eigenvalue weighted by Crippen LogP contribution is 1.65. The molecule has 0 aromatic rings. The van der Waals surface area contributed by atoms with Gasteiger partial charge in [0.1, 0.15) is 0 Å². The molecule has 0 rings (SSSR count). The number of hydrogen-bond donors (Lipinski definition) is 0. The summed E-state index contributed by atoms with van der Waals surface area (Å²) in [6, 6.07) is 0. The van der Waals surface area contributed by atoms with Gasteiger partial charge in [-0.25, -0.2) is 0 Å². The molecule has 0 aliphatic carbocycles. The van der Waals surface area contributed by atoms with E-state index in [0.717, 1.165) is 6.26 Å². The lowest BCUT2D eigenvalue weighted by molar-refractivity contribution is -0.276. The van der Waals surface area contributed by atoms with Gasteiger partial charge in [0.05, 0.1) is 0 Å². The first-order chi connectivity index (χ1) is 2.77. The molecule has 0 aromatic carbocycles. The van der Waals surface area contributed by atoms with Gasteiger partial charge in [0.15, 0.2) is 0 Å². The minimum atomic E-state index is -1.58. The zero-order valence-corrected chi connectivity index (χ0v) is 3.01. The summed E-state index contributed by atoms with van der Waals surface area (Å²) in [4.78, 5) is 9.19. The molecule has 0 bridgehead atoms. The van der Waals surface area contributed by atoms with Gasteiger partial charge in [-0.1, -0.05) is 6.58 Å². The lowest BCUT2D eigenvalue weighted by Gasteiger charge is -1.94. The van der Waals surface area contributed by atoms with Gasteiger partial charge in [-0.05, 0) is 0 Å². The fourth-order valence-corrected chi connectivity index (χ4v) is 0.0680. The van der Waals surface area contributed by atoms with Crippen molar-refractivity contribution in [3.05, 3.63) is 12.8 Å². The van der Waals surface area contributed by atoms with Crippen molar-refractivity contribution >= 4 is 6.16 Å². The molecule has 34 valence electrons. The van der Waals surface area contributed by atoms with Crippen LogP contribution in [0, 0.1) is 0 Å². The van der Waals surface area contributed by atoms with Gasteiger partial charge in [0.2, 0.25) is 0 Å². The van der Waals surface area contributed by atoms with Gasteiger partial charge < -0.3 is 14.6 Å². The first-order valence-corrected chi connectivity index (χ1v) is 1.26. The van der Waals surface area contributed by atoms with Crippen LogP contribution in [0.1, 0.15) is 0 Å². The molecule has 6 heavy (non-hydrogen) atoms. The average Bonchev–Trinajstić information content (AvgIpc) is 1.35. The predicted octanol–water partition coefficient (Wildman–Crippen LogP) is -0.510. The summed E-state index contributed by atoms with van der Waals surface area (Å²) in [5, 5.41) is 9.19. The summed E-state index contributed by atoms with van der Waals surface area (Å²) in [6.45, 7) is 2.96. The monoisotopic (exact) mass is 87.0 g/mol. The minimum absolute atomic E-state index is 0.787. The van der Waals surface area contributed by atoms with Crippen LogP contribution in [0.25, 0.3) is 0 Å². The van der Waals surface area contributed by atoms with Gasteiger partial charge in [-0.15, -0.1) is 0 Å². The number of hydrogen-bond acceptors (Lipinski definition) is 3. The molecule has 0 saturated carbocycles. The maximum absolute atomic E-state index is 9.19. The summed E-state index contributed by atoms with van der Waals surface area (Å²) in [6.07, 6.45) is -0.792. The minimum Gasteiger partial charge on any atom is -0.522 e. The Hall–Kier alpha value is -0.990. The molecule has 3 nitrogen and oxygen atoms in total. The Morgan fingerprint density at radius 3 is 2.50 bits per heavy atom. The zero-order chi connectivity index (χ0) is 4.99. The first-order valence-electron chi connectivity index (χ1n) is 1.26. The van der Waals surface area contributed by atoms with Crippen LogP contribution in [0.15, 0.2) is 12.8 Å². The van der Waals surface area contributed by atoms with Crippen molar-refractivity contribution in [3.8, 4) is 0 Å². The van der Waals surface area contributed by atoms with Crippen LogP contribution in [0.5, 0.6) is 0 Å². The van der Waals surface area contributed by atoms with Crippen molar-refractivity contribution in [3.63, 3.8) is 0 Å². The second-order valence-electron chi connectivity index (χ2n) is 0.535. The van der Waals surface area contributed by atoms with E-state index >= 15 is 0 Å². The van der Waals surface area contributed by atoms with E-state index in [1.54, 1.807) is 0 Å². The highest BCUT2D eigenvalue weighted by Gasteiger charge is 1.66. The average molecular weight is 87.1 g/mol. The molecule has 0 aromatic heterocycles. The van der Waals surface area contributed by atoms with E-state index in [1.807, 2.05) is 0 Å². The molecular weight excluding hydrogens is 84.0 g/mol. The summed E-state index contributed by atoms with van der Waals surface area (Å²) in [7, 11) is 0. The van der Waals surface area contributed by atoms with Gasteiger partial charge in [-0.3, -0.25) is 0 Å². The van der Waals surface area contributed by atoms with Crippen LogP contribution in [-0.2, 0) is 4.74 Å². The molecule has 3 heteroatoms. The third kappa shape index (κ3) is 3.01. The molecule has 0 amide bonds. The van der Waals surface area contributed by atoms with E-state index in [4.69, 9.17) is 0 Å². The largest absolute Gasteiger partial charge is 0.522 e. The lowest BCUT2D eigenvalue weighted by atomic mass is 11.1. The van der Waals surface area contributed by atoms with Gasteiger partial charge in [-0.2, -0.15) is 0 Å². The summed E-state index contributed by atoms with van der Waals surface area (Å²) >= 11 is 0. The van der Waals surface area contributed by atoms with Crippen LogP contribution >= 0.6 is 0 Å². The Bertz CT molecular complexity index is 66.4. The topological polar surface area (TPSA) is 49.4 Å². The molecule has 0 aliphatic rings. The van der Waals surface area contributed by atoms with Gasteiger partial charge in [0.25, 0.3) is 6.16 Å². The van der Waals surface area contributed by atoms with E-state index < -0.39 is 6.16 Å². The Kier molecular flexibility index (Phi) is 1.89. The van der Waals surface area contributed by atoms with E-state index in [2.05, 4.69) is 11.3 Å². The molecule has 0 atom stereocenters. The van der Waals surface area contributed by atoms with Crippen molar-refractivity contribution < 1.29 is 14.6 Å². The number of carbonyl (C=O) groups is 1. The molecular formula is C3H3O3-. The molecule has 0 aliphatic heterocycles. The Morgan fingerprint density at radius 1 is 2.00 bits per heavy atom. The third-order valence-electron chi connectivity index (χ3n) is 0.180. The SMILES string of the molecule is C=COC(=O)[O-]. The second-order valence-corrected chi connectivity index (χ2v) is 0.535. The van der Waals surface area contributed by atoms with Crippen molar-refractivity contribution in [2.75, 3.05) is 0 Å². The Labute approximate surface area is 34.8 Å². The maximum atomic E-state index is 9.19. The lowest BCUT2D eigenvalue weighted by Crippen LogP contribution is -2.20. The summed E-state index contributed by atoms with van der Waals surface area (Å²) < 4.78 is 3.61. The summed E-state index contributed by atoms with van der Waals surface area (Å²) in [5.41, 5.74) is 0. The number of carbonyl (C=O) groups excluding carboxylic acids is 1. The zero-order valence-electron chi connectivity index (χ0n) is 3.01. The third-order valence-corrected chi connectivity index (χ3v) is 0.180. The number of ether oxygens (including phenoxy) is 1. The van der Waals surface area contributed by atoms with Crippen molar-refractivity contribution in [2.45, 2.75) is 0 Å². The van der Waals surface area contributed by atoms with E-state index in [1.165, 1.54) is 0 Å². The second kappa shape index (κ2) is 2.26. The maximum Gasteiger partial charge on any atom is 0.256 e. The Morgan fingerprint density at radius 2 is 2.50 bits per heavy atom. The van der Waals surface area contributed by atoms with Crippen LogP contribution in [-0.4, -0.2) is 6.16 Å². The van der Waals surface area contributed by atoms with Crippen molar-refractivity contribution in [1.82, 2.24) is 0 Å². The predicted molar refractivity (Wildman–Crippen MR) is 16.7 cm³/mol. The molecule has 0 saturated heterocycles. The molecule has 0 unspecified atom stereocenters. The van der Waals surface area contributed by atoms with Gasteiger partial charge in [0, 0.05) is 6.26 Å². The summed E-state index contributed by atoms with van der Waals surface area (Å²) in [5.74, 6) is 0. The van der Waals surface area contributed by atoms with E-state index in [0.29, 0.717) is 0 Å². The van der Waals surface area contributed by atoms with E-state index in [9.17, 15) is 9.90 Å². The molecule has 0 heterocycles. The Balaban J connectivity index is 3.05. The smallest absolute Gasteiger partial charge is 0.256 e. The normalized spacial score (nSPS) is 6.67. The molecule has 0 N–H and O–H groups in total. The highest BCUT2D eigenvalue weighted by molar-refractivity contribution is 5.54. The van der Waals surface area contributed by atoms with Crippen molar-refractivity contribution in [2.24, 2.45) is 0 Å². The molecule has 0 radical (unpaired) electrons. The van der Waals surface area contributed by atoms with Crippen molar-refractivity contribution in [1.29, 1.82) is 0 Å². The fourth-order valence-electron chi connectivity index (χ4n) is 0.0680. The number of carboxylic acid groups (broad SMARTS) is 1. The van der Waals surface area contributed by atoms with Crippen LogP contribution < -0.4 is 5.11 Å². The molecule has 0 fully saturated rings. The van der Waals surface area contributed by atoms with Gasteiger partial charge >= 0.3 is 0 Å².